The Kier molecular flexibility index (Phi) is 5.09. The summed E-state index contributed by atoms with van der Waals surface area (Å²) in [4.78, 5) is 2.80. The Hall–Kier alpha value is -4.70. The van der Waals surface area contributed by atoms with E-state index in [1.807, 2.05) is 53.7 Å². The Bertz CT molecular complexity index is 3090. The van der Waals surface area contributed by atoms with E-state index >= 15 is 0 Å². The highest BCUT2D eigenvalue weighted by Crippen LogP contribution is 2.48. The standard InChI is InChI=1S/C49H55BN2O/c1-30-26-40-43-41(27-30)52(36-22-16-32(17-23-36)47(5,6)7)44-37-28-33(48(8,9)10)19-25-42(37)53-45(44)50(43)38-29-34(49(11,12)13)18-24-39(38)51(40)35-20-14-31(15-21-35)46(2,3)4/h14-29H,1-13H3/i14D,15D,16D,17D,18D,20D,21D,22D,23D,24D,26D,27D,29D. The maximum atomic E-state index is 10.2. The molecule has 53 heavy (non-hydrogen) atoms. The number of hydrogen-bond donors (Lipinski definition) is 0. The van der Waals surface area contributed by atoms with Gasteiger partial charge in [0.25, 0.3) is 6.71 Å². The minimum absolute atomic E-state index is 0.0413. The molecule has 0 atom stereocenters. The Morgan fingerprint density at radius 3 is 1.57 bits per heavy atom. The van der Waals surface area contributed by atoms with Gasteiger partial charge in [0.15, 0.2) is 0 Å². The summed E-state index contributed by atoms with van der Waals surface area (Å²) in [5.74, 6) is 0. The lowest BCUT2D eigenvalue weighted by atomic mass is 9.35. The highest BCUT2D eigenvalue weighted by Gasteiger charge is 2.47. The van der Waals surface area contributed by atoms with Gasteiger partial charge in [0.05, 0.1) is 29.2 Å². The van der Waals surface area contributed by atoms with Crippen LogP contribution < -0.4 is 26.4 Å². The van der Waals surface area contributed by atoms with Crippen molar-refractivity contribution < 1.29 is 22.2 Å². The van der Waals surface area contributed by atoms with Crippen LogP contribution in [0.4, 0.5) is 34.1 Å². The van der Waals surface area contributed by atoms with Crippen molar-refractivity contribution in [3.63, 3.8) is 0 Å². The van der Waals surface area contributed by atoms with Crippen molar-refractivity contribution in [3.8, 4) is 0 Å². The zero-order valence-corrected chi connectivity index (χ0v) is 33.1. The van der Waals surface area contributed by atoms with Gasteiger partial charge in [0.1, 0.15) is 5.58 Å². The molecule has 0 saturated carbocycles. The van der Waals surface area contributed by atoms with Crippen molar-refractivity contribution in [2.75, 3.05) is 9.80 Å². The van der Waals surface area contributed by atoms with E-state index in [0.29, 0.717) is 11.0 Å². The normalized spacial score (nSPS) is 17.8. The SMILES string of the molecule is [2H]c1c([2H])c(C(C)(C)C)c([2H])c([2H])c1N1c2c([2H])c([2H])c(C(C)(C)C)c([2H])c2B2c3oc4ccc(C(C)(C)C)cc4c3N(c3c([2H])c([2H])c(C(C)(C)C)c([2H])c3[2H])c3c([2H])c(C)c([2H])c1c32. The number of benzene rings is 5. The molecule has 270 valence electrons. The van der Waals surface area contributed by atoms with Crippen LogP contribution in [0.5, 0.6) is 0 Å². The van der Waals surface area contributed by atoms with Gasteiger partial charge in [0.2, 0.25) is 0 Å². The van der Waals surface area contributed by atoms with Crippen molar-refractivity contribution in [1.82, 2.24) is 0 Å². The molecule has 0 fully saturated rings. The molecular formula is C49H55BN2O. The Morgan fingerprint density at radius 2 is 1.04 bits per heavy atom. The lowest BCUT2D eigenvalue weighted by molar-refractivity contribution is 0.590. The van der Waals surface area contributed by atoms with Crippen molar-refractivity contribution in [2.45, 2.75) is 112 Å². The van der Waals surface area contributed by atoms with Gasteiger partial charge < -0.3 is 14.2 Å². The average Bonchev–Trinajstić information content (AvgIpc) is 3.57. The van der Waals surface area contributed by atoms with Crippen LogP contribution in [0.25, 0.3) is 11.0 Å². The van der Waals surface area contributed by atoms with E-state index in [2.05, 4.69) is 20.8 Å². The molecule has 6 aromatic rings. The van der Waals surface area contributed by atoms with Crippen LogP contribution in [0.15, 0.2) is 101 Å². The van der Waals surface area contributed by atoms with Gasteiger partial charge in [0, 0.05) is 33.8 Å². The Labute approximate surface area is 336 Å². The summed E-state index contributed by atoms with van der Waals surface area (Å²) < 4.78 is 133. The first-order valence-corrected chi connectivity index (χ1v) is 18.4. The minimum Gasteiger partial charge on any atom is -0.468 e. The second-order valence-electron chi connectivity index (χ2n) is 18.6. The summed E-state index contributed by atoms with van der Waals surface area (Å²) in [7, 11) is 0. The molecule has 0 unspecified atom stereocenters. The van der Waals surface area contributed by atoms with E-state index in [4.69, 9.17) is 4.42 Å². The molecule has 1 aromatic heterocycles. The van der Waals surface area contributed by atoms with E-state index in [0.717, 1.165) is 5.56 Å². The van der Waals surface area contributed by atoms with Gasteiger partial charge in [-0.25, -0.2) is 0 Å². The zero-order chi connectivity index (χ0) is 49.3. The number of hydrogen-bond acceptors (Lipinski definition) is 3. The number of nitrogens with zero attached hydrogens (tertiary/aromatic N) is 2. The third-order valence-corrected chi connectivity index (χ3v) is 10.2. The van der Waals surface area contributed by atoms with Crippen molar-refractivity contribution in [3.05, 3.63) is 125 Å². The quantitative estimate of drug-likeness (QED) is 0.166. The first-order valence-electron chi connectivity index (χ1n) is 24.9. The maximum Gasteiger partial charge on any atom is 0.297 e. The summed E-state index contributed by atoms with van der Waals surface area (Å²) in [6.07, 6.45) is 0. The first kappa shape index (κ1) is 23.2. The lowest BCUT2D eigenvalue weighted by Crippen LogP contribution is -2.61. The molecule has 2 aliphatic heterocycles. The number of fused-ring (bicyclic) bond motifs is 6. The molecule has 0 spiro atoms. The molecule has 0 saturated heterocycles. The van der Waals surface area contributed by atoms with E-state index in [1.165, 1.54) is 9.80 Å². The van der Waals surface area contributed by atoms with Gasteiger partial charge in [-0.05, 0) is 122 Å². The largest absolute Gasteiger partial charge is 0.468 e. The van der Waals surface area contributed by atoms with Crippen LogP contribution in [0.2, 0.25) is 0 Å². The van der Waals surface area contributed by atoms with Crippen LogP contribution in [0.3, 0.4) is 0 Å². The van der Waals surface area contributed by atoms with Gasteiger partial charge in [-0.2, -0.15) is 0 Å². The third kappa shape index (κ3) is 5.81. The van der Waals surface area contributed by atoms with Crippen LogP contribution in [-0.4, -0.2) is 6.71 Å². The molecule has 0 amide bonds. The van der Waals surface area contributed by atoms with E-state index < -0.39 is 35.0 Å². The number of rotatable bonds is 2. The molecule has 2 aliphatic rings. The molecule has 4 heteroatoms. The minimum atomic E-state index is -1.20. The number of furan rings is 1. The summed E-state index contributed by atoms with van der Waals surface area (Å²) in [5.41, 5.74) is -0.882. The Balaban J connectivity index is 1.69. The molecule has 0 N–H and O–H groups in total. The molecule has 0 bridgehead atoms. The van der Waals surface area contributed by atoms with Crippen molar-refractivity contribution in [2.24, 2.45) is 0 Å². The maximum absolute atomic E-state index is 10.2. The van der Waals surface area contributed by atoms with E-state index in [-0.39, 0.29) is 145 Å². The van der Waals surface area contributed by atoms with Crippen LogP contribution in [0, 0.1) is 6.92 Å². The summed E-state index contributed by atoms with van der Waals surface area (Å²) in [6.45, 7) is 22.8. The molecule has 5 aromatic carbocycles. The highest BCUT2D eigenvalue weighted by molar-refractivity contribution is 7.00. The summed E-state index contributed by atoms with van der Waals surface area (Å²) >= 11 is 0. The van der Waals surface area contributed by atoms with E-state index in [9.17, 15) is 17.8 Å². The fraction of sp³-hybridized carbons (Fsp3) is 0.347. The molecule has 3 heterocycles. The van der Waals surface area contributed by atoms with Crippen LogP contribution in [0.1, 0.15) is 129 Å². The number of anilines is 6. The molecule has 3 nitrogen and oxygen atoms in total. The second-order valence-corrected chi connectivity index (χ2v) is 18.6. The highest BCUT2D eigenvalue weighted by atomic mass is 16.3. The van der Waals surface area contributed by atoms with E-state index in [1.54, 1.807) is 33.8 Å². The fourth-order valence-corrected chi connectivity index (χ4v) is 7.09. The molecule has 0 radical (unpaired) electrons. The van der Waals surface area contributed by atoms with Gasteiger partial charge in [-0.3, -0.25) is 0 Å². The van der Waals surface area contributed by atoms with Crippen molar-refractivity contribution >= 4 is 68.4 Å². The molecular weight excluding hydrogens is 643 g/mol. The predicted molar refractivity (Wildman–Crippen MR) is 230 cm³/mol. The predicted octanol–water partition coefficient (Wildman–Crippen LogP) is 12.0. The monoisotopic (exact) mass is 712 g/mol. The van der Waals surface area contributed by atoms with Crippen LogP contribution >= 0.6 is 0 Å². The van der Waals surface area contributed by atoms with Gasteiger partial charge >= 0.3 is 0 Å². The lowest BCUT2D eigenvalue weighted by Gasteiger charge is -2.43. The smallest absolute Gasteiger partial charge is 0.297 e. The average molecular weight is 712 g/mol. The summed E-state index contributed by atoms with van der Waals surface area (Å²) in [5, 5.41) is 0.514. The summed E-state index contributed by atoms with van der Waals surface area (Å²) in [6, 6.07) is 1.41. The molecule has 8 rings (SSSR count). The van der Waals surface area contributed by atoms with Gasteiger partial charge in [-0.1, -0.05) is 125 Å². The van der Waals surface area contributed by atoms with Gasteiger partial charge in [-0.15, -0.1) is 0 Å². The van der Waals surface area contributed by atoms with Crippen LogP contribution in [-0.2, 0) is 21.7 Å². The first-order chi connectivity index (χ1) is 30.2. The Morgan fingerprint density at radius 1 is 0.547 bits per heavy atom. The fourth-order valence-electron chi connectivity index (χ4n) is 7.09. The topological polar surface area (TPSA) is 19.6 Å². The second kappa shape index (κ2) is 11.7. The zero-order valence-electron chi connectivity index (χ0n) is 46.1. The third-order valence-electron chi connectivity index (χ3n) is 10.2. The van der Waals surface area contributed by atoms with Crippen molar-refractivity contribution in [1.29, 1.82) is 0 Å². The molecule has 0 aliphatic carbocycles.